The van der Waals surface area contributed by atoms with Gasteiger partial charge in [-0.15, -0.1) is 5.10 Å². The van der Waals surface area contributed by atoms with Gasteiger partial charge in [0.05, 0.1) is 0 Å². The van der Waals surface area contributed by atoms with Gasteiger partial charge in [-0.05, 0) is 6.08 Å². The highest BCUT2D eigenvalue weighted by molar-refractivity contribution is 6.55. The van der Waals surface area contributed by atoms with Crippen molar-refractivity contribution in [1.82, 2.24) is 25.0 Å². The van der Waals surface area contributed by atoms with Crippen LogP contribution in [0, 0.1) is 0 Å². The van der Waals surface area contributed by atoms with Crippen molar-refractivity contribution >= 4 is 40.2 Å². The van der Waals surface area contributed by atoms with Gasteiger partial charge in [0.25, 0.3) is 0 Å². The molecule has 16 heavy (non-hydrogen) atoms. The number of halogens is 2. The lowest BCUT2D eigenvalue weighted by molar-refractivity contribution is 0.729. The van der Waals surface area contributed by atoms with Gasteiger partial charge < -0.3 is 5.32 Å². The van der Waals surface area contributed by atoms with E-state index >= 15 is 0 Å². The Bertz CT molecular complexity index is 530. The van der Waals surface area contributed by atoms with Gasteiger partial charge >= 0.3 is 0 Å². The maximum atomic E-state index is 5.49. The lowest BCUT2D eigenvalue weighted by Crippen LogP contribution is -2.02. The zero-order chi connectivity index (χ0) is 11.5. The highest BCUT2D eigenvalue weighted by Gasteiger charge is 2.08. The van der Waals surface area contributed by atoms with Gasteiger partial charge in [-0.2, -0.15) is 0 Å². The highest BCUT2D eigenvalue weighted by atomic mass is 35.5. The number of rotatable bonds is 3. The van der Waals surface area contributed by atoms with Crippen LogP contribution in [0.15, 0.2) is 16.9 Å². The lowest BCUT2D eigenvalue weighted by Gasteiger charge is -2.01. The van der Waals surface area contributed by atoms with Crippen molar-refractivity contribution in [3.63, 3.8) is 0 Å². The quantitative estimate of drug-likeness (QED) is 0.904. The van der Waals surface area contributed by atoms with E-state index in [1.165, 1.54) is 6.33 Å². The van der Waals surface area contributed by atoms with E-state index in [0.717, 1.165) is 0 Å². The molecule has 0 unspecified atom stereocenters. The molecule has 1 N–H and O–H groups in total. The fourth-order valence-electron chi connectivity index (χ4n) is 1.21. The van der Waals surface area contributed by atoms with Crippen molar-refractivity contribution < 1.29 is 0 Å². The van der Waals surface area contributed by atoms with Crippen molar-refractivity contribution in [2.24, 2.45) is 7.05 Å². The first-order valence-electron chi connectivity index (χ1n) is 4.44. The predicted molar refractivity (Wildman–Crippen MR) is 62.4 cm³/mol. The Morgan fingerprint density at radius 2 is 2.31 bits per heavy atom. The Hall–Kier alpha value is -1.40. The Balaban J connectivity index is 2.27. The fourth-order valence-corrected chi connectivity index (χ4v) is 1.36. The van der Waals surface area contributed by atoms with Gasteiger partial charge in [0, 0.05) is 13.6 Å². The molecule has 0 atom stereocenters. The molecule has 2 heterocycles. The van der Waals surface area contributed by atoms with E-state index < -0.39 is 0 Å². The average molecular weight is 259 g/mol. The molecule has 0 bridgehead atoms. The van der Waals surface area contributed by atoms with Gasteiger partial charge in [-0.25, -0.2) is 14.6 Å². The van der Waals surface area contributed by atoms with Crippen LogP contribution in [0.5, 0.6) is 0 Å². The molecule has 84 valence electrons. The fraction of sp³-hybridized carbons (Fsp3) is 0.250. The maximum Gasteiger partial charge on any atom is 0.183 e. The largest absolute Gasteiger partial charge is 0.364 e. The molecule has 2 aromatic rings. The summed E-state index contributed by atoms with van der Waals surface area (Å²) in [5.41, 5.74) is 1.28. The monoisotopic (exact) mass is 258 g/mol. The third-order valence-corrected chi connectivity index (χ3v) is 2.22. The number of anilines is 1. The topological polar surface area (TPSA) is 68.5 Å². The zero-order valence-electron chi connectivity index (χ0n) is 8.35. The first kappa shape index (κ1) is 11.1. The summed E-state index contributed by atoms with van der Waals surface area (Å²) in [7, 11) is 1.77. The second kappa shape index (κ2) is 4.63. The predicted octanol–water partition coefficient (Wildman–Crippen LogP) is 1.49. The molecule has 2 aromatic heterocycles. The van der Waals surface area contributed by atoms with Crippen LogP contribution >= 0.6 is 23.2 Å². The Labute approximate surface area is 101 Å². The van der Waals surface area contributed by atoms with E-state index in [2.05, 4.69) is 25.6 Å². The Morgan fingerprint density at radius 3 is 3.06 bits per heavy atom. The Morgan fingerprint density at radius 1 is 1.50 bits per heavy atom. The molecule has 0 radical (unpaired) electrons. The third-order valence-electron chi connectivity index (χ3n) is 1.91. The smallest absolute Gasteiger partial charge is 0.183 e. The van der Waals surface area contributed by atoms with Crippen molar-refractivity contribution in [3.05, 3.63) is 16.9 Å². The summed E-state index contributed by atoms with van der Waals surface area (Å²) in [6.45, 7) is 0.463. The maximum absolute atomic E-state index is 5.49. The number of aromatic nitrogens is 5. The van der Waals surface area contributed by atoms with E-state index in [9.17, 15) is 0 Å². The summed E-state index contributed by atoms with van der Waals surface area (Å²) < 4.78 is 1.78. The second-order valence-corrected chi connectivity index (χ2v) is 3.99. The Kier molecular flexibility index (Phi) is 3.21. The molecule has 0 spiro atoms. The third kappa shape index (κ3) is 2.23. The van der Waals surface area contributed by atoms with Crippen LogP contribution < -0.4 is 5.32 Å². The van der Waals surface area contributed by atoms with E-state index in [1.54, 1.807) is 17.8 Å². The molecule has 2 rings (SSSR count). The van der Waals surface area contributed by atoms with E-state index in [0.29, 0.717) is 23.5 Å². The number of nitrogens with zero attached hydrogens (tertiary/aromatic N) is 5. The molecule has 8 heteroatoms. The van der Waals surface area contributed by atoms with Crippen LogP contribution in [0.2, 0.25) is 0 Å². The lowest BCUT2D eigenvalue weighted by atomic mass is 10.4. The van der Waals surface area contributed by atoms with E-state index in [4.69, 9.17) is 23.2 Å². The summed E-state index contributed by atoms with van der Waals surface area (Å²) in [6.07, 6.45) is 3.06. The summed E-state index contributed by atoms with van der Waals surface area (Å²) in [5, 5.41) is 10.8. The van der Waals surface area contributed by atoms with Gasteiger partial charge in [-0.3, -0.25) is 0 Å². The van der Waals surface area contributed by atoms with Crippen LogP contribution in [-0.4, -0.2) is 31.5 Å². The molecule has 0 amide bonds. The average Bonchev–Trinajstić information content (AvgIpc) is 2.61. The molecule has 0 saturated heterocycles. The van der Waals surface area contributed by atoms with Crippen LogP contribution in [0.3, 0.4) is 0 Å². The van der Waals surface area contributed by atoms with Gasteiger partial charge in [-0.1, -0.05) is 28.4 Å². The van der Waals surface area contributed by atoms with Crippen LogP contribution in [0.4, 0.5) is 5.82 Å². The molecule has 0 aliphatic carbocycles. The molecule has 6 nitrogen and oxygen atoms in total. The van der Waals surface area contributed by atoms with Crippen molar-refractivity contribution in [2.45, 2.75) is 0 Å². The number of aryl methyl sites for hydroxylation is 1. The standard InChI is InChI=1S/C8H8Cl2N6/c1-16-8-6(14-15-16)7(12-4-13-8)11-3-2-5(9)10/h2,4H,3H2,1H3,(H,11,12,13). The second-order valence-electron chi connectivity index (χ2n) is 2.98. The van der Waals surface area contributed by atoms with Crippen molar-refractivity contribution in [2.75, 3.05) is 11.9 Å². The molecule has 0 fully saturated rings. The number of nitrogens with one attached hydrogen (secondary N) is 1. The van der Waals surface area contributed by atoms with E-state index in [1.807, 2.05) is 0 Å². The minimum Gasteiger partial charge on any atom is -0.364 e. The minimum atomic E-state index is 0.206. The molecule has 0 saturated carbocycles. The highest BCUT2D eigenvalue weighted by Crippen LogP contribution is 2.15. The molecule has 0 aromatic carbocycles. The molecule has 0 aliphatic rings. The molecular formula is C8H8Cl2N6. The summed E-state index contributed by atoms with van der Waals surface area (Å²) in [6, 6.07) is 0. The number of hydrogen-bond donors (Lipinski definition) is 1. The van der Waals surface area contributed by atoms with Crippen LogP contribution in [0.1, 0.15) is 0 Å². The van der Waals surface area contributed by atoms with E-state index in [-0.39, 0.29) is 4.49 Å². The summed E-state index contributed by atoms with van der Waals surface area (Å²) >= 11 is 11.0. The normalized spacial score (nSPS) is 10.4. The SMILES string of the molecule is Cn1nnc2c(NCC=C(Cl)Cl)ncnc21. The van der Waals surface area contributed by atoms with Crippen LogP contribution in [0.25, 0.3) is 11.2 Å². The van der Waals surface area contributed by atoms with Gasteiger partial charge in [0.2, 0.25) is 0 Å². The molecular weight excluding hydrogens is 251 g/mol. The number of fused-ring (bicyclic) bond motifs is 1. The summed E-state index contributed by atoms with van der Waals surface area (Å²) in [5.74, 6) is 0.601. The minimum absolute atomic E-state index is 0.206. The zero-order valence-corrected chi connectivity index (χ0v) is 9.87. The number of hydrogen-bond acceptors (Lipinski definition) is 5. The first-order chi connectivity index (χ1) is 7.68. The van der Waals surface area contributed by atoms with Gasteiger partial charge in [0.1, 0.15) is 10.8 Å². The van der Waals surface area contributed by atoms with Crippen molar-refractivity contribution in [3.8, 4) is 0 Å². The first-order valence-corrected chi connectivity index (χ1v) is 5.19. The molecule has 0 aliphatic heterocycles. The van der Waals surface area contributed by atoms with Crippen LogP contribution in [-0.2, 0) is 7.05 Å². The van der Waals surface area contributed by atoms with Crippen molar-refractivity contribution in [1.29, 1.82) is 0 Å². The summed E-state index contributed by atoms with van der Waals surface area (Å²) in [4.78, 5) is 8.13. The van der Waals surface area contributed by atoms with Gasteiger partial charge in [0.15, 0.2) is 17.0 Å².